The highest BCUT2D eigenvalue weighted by molar-refractivity contribution is 7.92. The topological polar surface area (TPSA) is 69.7 Å². The number of nitrogens with zero attached hydrogens (tertiary/aromatic N) is 2. The Morgan fingerprint density at radius 2 is 1.83 bits per heavy atom. The molecule has 1 amide bonds. The van der Waals surface area contributed by atoms with E-state index in [1.807, 2.05) is 0 Å². The van der Waals surface area contributed by atoms with Crippen LogP contribution in [0.3, 0.4) is 0 Å². The zero-order valence-corrected chi connectivity index (χ0v) is 14.6. The number of likely N-dealkylation sites (tertiary alicyclic amines) is 1. The van der Waals surface area contributed by atoms with Crippen molar-refractivity contribution in [3.8, 4) is 0 Å². The first-order chi connectivity index (χ1) is 10.9. The molecule has 1 fully saturated rings. The highest BCUT2D eigenvalue weighted by Crippen LogP contribution is 2.16. The van der Waals surface area contributed by atoms with Crippen molar-refractivity contribution in [1.82, 2.24) is 10.2 Å². The van der Waals surface area contributed by atoms with Crippen LogP contribution in [0, 0.1) is 0 Å². The minimum absolute atomic E-state index is 0.125. The number of rotatable bonds is 7. The summed E-state index contributed by atoms with van der Waals surface area (Å²) in [5.74, 6) is -0.125. The summed E-state index contributed by atoms with van der Waals surface area (Å²) < 4.78 is 24.1. The van der Waals surface area contributed by atoms with Gasteiger partial charge in [0, 0.05) is 19.2 Å². The van der Waals surface area contributed by atoms with Gasteiger partial charge in [-0.15, -0.1) is 0 Å². The first-order valence-corrected chi connectivity index (χ1v) is 9.77. The number of carbonyl (C=O) groups is 1. The van der Waals surface area contributed by atoms with Crippen molar-refractivity contribution >= 4 is 21.6 Å². The number of hydrogen-bond donors (Lipinski definition) is 1. The van der Waals surface area contributed by atoms with Gasteiger partial charge in [-0.2, -0.15) is 0 Å². The van der Waals surface area contributed by atoms with Crippen LogP contribution in [0.5, 0.6) is 0 Å². The van der Waals surface area contributed by atoms with Gasteiger partial charge in [-0.05, 0) is 63.2 Å². The summed E-state index contributed by atoms with van der Waals surface area (Å²) in [6.45, 7) is 4.02. The molecule has 1 aromatic rings. The molecule has 7 heteroatoms. The van der Waals surface area contributed by atoms with Gasteiger partial charge in [0.2, 0.25) is 10.0 Å². The Hall–Kier alpha value is -1.60. The fraction of sp³-hybridized carbons (Fsp3) is 0.562. The lowest BCUT2D eigenvalue weighted by Crippen LogP contribution is -2.28. The Kier molecular flexibility index (Phi) is 6.01. The molecule has 1 heterocycles. The van der Waals surface area contributed by atoms with Crippen LogP contribution < -0.4 is 9.62 Å². The number of anilines is 1. The van der Waals surface area contributed by atoms with E-state index in [9.17, 15) is 13.2 Å². The zero-order valence-electron chi connectivity index (χ0n) is 13.8. The Labute approximate surface area is 138 Å². The average Bonchev–Trinajstić information content (AvgIpc) is 3.03. The Balaban J connectivity index is 1.80. The predicted molar refractivity (Wildman–Crippen MR) is 92.3 cm³/mol. The summed E-state index contributed by atoms with van der Waals surface area (Å²) in [5, 5.41) is 2.90. The van der Waals surface area contributed by atoms with Gasteiger partial charge in [0.15, 0.2) is 0 Å². The van der Waals surface area contributed by atoms with E-state index < -0.39 is 10.0 Å². The molecule has 23 heavy (non-hydrogen) atoms. The third kappa shape index (κ3) is 5.21. The number of nitrogens with one attached hydrogen (secondary N) is 1. The minimum atomic E-state index is -3.29. The van der Waals surface area contributed by atoms with Gasteiger partial charge < -0.3 is 10.2 Å². The first kappa shape index (κ1) is 17.7. The summed E-state index contributed by atoms with van der Waals surface area (Å²) >= 11 is 0. The molecule has 1 aromatic carbocycles. The van der Waals surface area contributed by atoms with Gasteiger partial charge >= 0.3 is 0 Å². The Morgan fingerprint density at radius 1 is 1.22 bits per heavy atom. The Bertz CT molecular complexity index is 622. The molecule has 128 valence electrons. The molecule has 0 bridgehead atoms. The third-order valence-corrected chi connectivity index (χ3v) is 5.33. The van der Waals surface area contributed by atoms with Crippen LogP contribution >= 0.6 is 0 Å². The van der Waals surface area contributed by atoms with E-state index >= 15 is 0 Å². The lowest BCUT2D eigenvalue weighted by Gasteiger charge is -2.17. The van der Waals surface area contributed by atoms with Gasteiger partial charge in [-0.25, -0.2) is 8.42 Å². The van der Waals surface area contributed by atoms with Crippen molar-refractivity contribution in [2.75, 3.05) is 43.8 Å². The van der Waals surface area contributed by atoms with Gasteiger partial charge in [0.05, 0.1) is 11.9 Å². The van der Waals surface area contributed by atoms with Crippen LogP contribution in [0.25, 0.3) is 0 Å². The fourth-order valence-corrected chi connectivity index (χ4v) is 3.13. The molecule has 1 aliphatic rings. The smallest absolute Gasteiger partial charge is 0.251 e. The first-order valence-electron chi connectivity index (χ1n) is 7.92. The number of sulfonamides is 1. The van der Waals surface area contributed by atoms with Crippen molar-refractivity contribution in [2.24, 2.45) is 0 Å². The number of amides is 1. The normalized spacial score (nSPS) is 15.6. The highest BCUT2D eigenvalue weighted by atomic mass is 32.2. The summed E-state index contributed by atoms with van der Waals surface area (Å²) in [6.07, 6.45) is 4.65. The molecule has 1 N–H and O–H groups in total. The highest BCUT2D eigenvalue weighted by Gasteiger charge is 2.13. The van der Waals surface area contributed by atoms with E-state index in [0.717, 1.165) is 19.2 Å². The van der Waals surface area contributed by atoms with Gasteiger partial charge in [0.25, 0.3) is 5.91 Å². The number of hydrogen-bond acceptors (Lipinski definition) is 4. The number of benzene rings is 1. The average molecular weight is 339 g/mol. The predicted octanol–water partition coefficient (Wildman–Crippen LogP) is 1.30. The van der Waals surface area contributed by atoms with Crippen LogP contribution in [0.15, 0.2) is 24.3 Å². The second-order valence-electron chi connectivity index (χ2n) is 5.94. The maximum atomic E-state index is 12.1. The summed E-state index contributed by atoms with van der Waals surface area (Å²) in [6, 6.07) is 6.57. The summed E-state index contributed by atoms with van der Waals surface area (Å²) in [7, 11) is -1.80. The van der Waals surface area contributed by atoms with Crippen molar-refractivity contribution in [3.63, 3.8) is 0 Å². The molecule has 6 nitrogen and oxygen atoms in total. The molecule has 0 saturated carbocycles. The third-order valence-electron chi connectivity index (χ3n) is 4.13. The molecule has 1 saturated heterocycles. The van der Waals surface area contributed by atoms with E-state index in [2.05, 4.69) is 10.2 Å². The van der Waals surface area contributed by atoms with E-state index in [-0.39, 0.29) is 5.91 Å². The van der Waals surface area contributed by atoms with Gasteiger partial charge in [0.1, 0.15) is 0 Å². The summed E-state index contributed by atoms with van der Waals surface area (Å²) in [4.78, 5) is 14.5. The molecule has 0 unspecified atom stereocenters. The SMILES string of the molecule is CN(c1ccc(C(=O)NCCCN2CCCC2)cc1)S(C)(=O)=O. The van der Waals surface area contributed by atoms with Crippen molar-refractivity contribution < 1.29 is 13.2 Å². The fourth-order valence-electron chi connectivity index (χ4n) is 2.63. The molecular formula is C16H25N3O3S. The molecule has 0 atom stereocenters. The zero-order chi connectivity index (χ0) is 16.9. The van der Waals surface area contributed by atoms with Crippen molar-refractivity contribution in [3.05, 3.63) is 29.8 Å². The molecular weight excluding hydrogens is 314 g/mol. The van der Waals surface area contributed by atoms with Crippen LogP contribution in [0.2, 0.25) is 0 Å². The van der Waals surface area contributed by atoms with Crippen LogP contribution in [-0.4, -0.2) is 58.7 Å². The van der Waals surface area contributed by atoms with E-state index in [0.29, 0.717) is 17.8 Å². The number of carbonyl (C=O) groups excluding carboxylic acids is 1. The minimum Gasteiger partial charge on any atom is -0.352 e. The van der Waals surface area contributed by atoms with Crippen molar-refractivity contribution in [1.29, 1.82) is 0 Å². The molecule has 2 rings (SSSR count). The van der Waals surface area contributed by atoms with Gasteiger partial charge in [-0.1, -0.05) is 0 Å². The standard InChI is InChI=1S/C16H25N3O3S/c1-18(23(2,21)22)15-8-6-14(7-9-15)16(20)17-10-5-13-19-11-3-4-12-19/h6-9H,3-5,10-13H2,1-2H3,(H,17,20). The molecule has 0 spiro atoms. The molecule has 0 radical (unpaired) electrons. The second-order valence-corrected chi connectivity index (χ2v) is 7.95. The lowest BCUT2D eigenvalue weighted by molar-refractivity contribution is 0.0952. The van der Waals surface area contributed by atoms with Crippen molar-refractivity contribution in [2.45, 2.75) is 19.3 Å². The second kappa shape index (κ2) is 7.79. The monoisotopic (exact) mass is 339 g/mol. The van der Waals surface area contributed by atoms with E-state index in [4.69, 9.17) is 0 Å². The van der Waals surface area contributed by atoms with E-state index in [1.165, 1.54) is 37.3 Å². The quantitative estimate of drug-likeness (QED) is 0.760. The van der Waals surface area contributed by atoms with E-state index in [1.54, 1.807) is 24.3 Å². The largest absolute Gasteiger partial charge is 0.352 e. The molecule has 0 aliphatic carbocycles. The maximum absolute atomic E-state index is 12.1. The van der Waals surface area contributed by atoms with Gasteiger partial charge in [-0.3, -0.25) is 9.10 Å². The van der Waals surface area contributed by atoms with Crippen LogP contribution in [-0.2, 0) is 10.0 Å². The van der Waals surface area contributed by atoms with Crippen LogP contribution in [0.1, 0.15) is 29.6 Å². The lowest BCUT2D eigenvalue weighted by atomic mass is 10.2. The summed E-state index contributed by atoms with van der Waals surface area (Å²) in [5.41, 5.74) is 1.08. The molecule has 0 aromatic heterocycles. The van der Waals surface area contributed by atoms with Crippen LogP contribution in [0.4, 0.5) is 5.69 Å². The maximum Gasteiger partial charge on any atom is 0.251 e. The Morgan fingerprint density at radius 3 is 2.39 bits per heavy atom. The molecule has 1 aliphatic heterocycles.